The van der Waals surface area contributed by atoms with Crippen molar-refractivity contribution in [3.05, 3.63) is 109 Å². The summed E-state index contributed by atoms with van der Waals surface area (Å²) >= 11 is 0. The van der Waals surface area contributed by atoms with Crippen LogP contribution in [0.2, 0.25) is 0 Å². The minimum atomic E-state index is -0.842. The Balaban J connectivity index is 4.62. The topological polar surface area (TPSA) is 78.9 Å². The molecule has 0 amide bonds. The van der Waals surface area contributed by atoms with E-state index in [1.54, 1.807) is 0 Å². The van der Waals surface area contributed by atoms with Gasteiger partial charge in [-0.25, -0.2) is 0 Å². The second-order valence-corrected chi connectivity index (χ2v) is 14.0. The number of esters is 3. The molecule has 0 aromatic carbocycles. The van der Waals surface area contributed by atoms with Gasteiger partial charge in [-0.15, -0.1) is 0 Å². The molecule has 56 heavy (non-hydrogen) atoms. The van der Waals surface area contributed by atoms with Crippen LogP contribution in [-0.2, 0) is 28.6 Å². The van der Waals surface area contributed by atoms with Crippen molar-refractivity contribution in [1.82, 2.24) is 0 Å². The SMILES string of the molecule is CC\C=C/C=C\C=C/C=C\C=C/CCCC(=O)OCC(COC(=O)CCCCCCC/C=C\C/C=C\CC)OC(=O)CC/C=C\C/C=C\CCCCCCCC. The van der Waals surface area contributed by atoms with E-state index in [1.165, 1.54) is 38.5 Å². The van der Waals surface area contributed by atoms with Gasteiger partial charge in [0.05, 0.1) is 0 Å². The highest BCUT2D eigenvalue weighted by atomic mass is 16.6. The zero-order valence-corrected chi connectivity index (χ0v) is 35.6. The van der Waals surface area contributed by atoms with Gasteiger partial charge in [-0.1, -0.05) is 182 Å². The highest BCUT2D eigenvalue weighted by Crippen LogP contribution is 2.11. The Morgan fingerprint density at radius 2 is 0.839 bits per heavy atom. The lowest BCUT2D eigenvalue weighted by molar-refractivity contribution is -0.166. The Morgan fingerprint density at radius 3 is 1.41 bits per heavy atom. The fraction of sp³-hybridized carbons (Fsp3) is 0.580. The van der Waals surface area contributed by atoms with Crippen LogP contribution in [-0.4, -0.2) is 37.2 Å². The Kier molecular flexibility index (Phi) is 40.7. The normalized spacial score (nSPS) is 13.1. The third-order valence-corrected chi connectivity index (χ3v) is 8.63. The molecule has 0 fully saturated rings. The number of allylic oxidation sites excluding steroid dienone is 18. The average molecular weight is 775 g/mol. The van der Waals surface area contributed by atoms with Gasteiger partial charge in [0, 0.05) is 19.3 Å². The molecule has 0 saturated heterocycles. The van der Waals surface area contributed by atoms with E-state index in [4.69, 9.17) is 14.2 Å². The van der Waals surface area contributed by atoms with Crippen molar-refractivity contribution in [3.63, 3.8) is 0 Å². The molecule has 0 aromatic rings. The summed E-state index contributed by atoms with van der Waals surface area (Å²) in [6, 6.07) is 0. The van der Waals surface area contributed by atoms with Gasteiger partial charge < -0.3 is 14.2 Å². The second kappa shape index (κ2) is 43.8. The van der Waals surface area contributed by atoms with Crippen LogP contribution in [0.5, 0.6) is 0 Å². The number of ether oxygens (including phenoxy) is 3. The lowest BCUT2D eigenvalue weighted by atomic mass is 10.1. The minimum Gasteiger partial charge on any atom is -0.462 e. The highest BCUT2D eigenvalue weighted by Gasteiger charge is 2.19. The number of hydrogen-bond donors (Lipinski definition) is 0. The predicted octanol–water partition coefficient (Wildman–Crippen LogP) is 14.0. The molecule has 0 spiro atoms. The van der Waals surface area contributed by atoms with Crippen LogP contribution in [0.3, 0.4) is 0 Å². The van der Waals surface area contributed by atoms with Crippen molar-refractivity contribution in [1.29, 1.82) is 0 Å². The first kappa shape index (κ1) is 52.1. The zero-order valence-electron chi connectivity index (χ0n) is 35.6. The molecule has 314 valence electrons. The van der Waals surface area contributed by atoms with Crippen LogP contribution in [0.1, 0.15) is 168 Å². The van der Waals surface area contributed by atoms with Gasteiger partial charge in [-0.2, -0.15) is 0 Å². The van der Waals surface area contributed by atoms with Crippen molar-refractivity contribution >= 4 is 17.9 Å². The lowest BCUT2D eigenvalue weighted by Gasteiger charge is -2.18. The second-order valence-electron chi connectivity index (χ2n) is 14.0. The van der Waals surface area contributed by atoms with E-state index in [1.807, 2.05) is 60.8 Å². The first-order chi connectivity index (χ1) is 27.5. The molecule has 0 N–H and O–H groups in total. The van der Waals surface area contributed by atoms with Crippen molar-refractivity contribution in [2.24, 2.45) is 0 Å². The predicted molar refractivity (Wildman–Crippen MR) is 237 cm³/mol. The zero-order chi connectivity index (χ0) is 40.8. The maximum absolute atomic E-state index is 12.7. The molecule has 0 aliphatic heterocycles. The Morgan fingerprint density at radius 1 is 0.393 bits per heavy atom. The van der Waals surface area contributed by atoms with E-state index >= 15 is 0 Å². The molecular formula is C50H78O6. The fourth-order valence-corrected chi connectivity index (χ4v) is 5.38. The summed E-state index contributed by atoms with van der Waals surface area (Å²) in [6.07, 6.45) is 58.1. The smallest absolute Gasteiger partial charge is 0.306 e. The largest absolute Gasteiger partial charge is 0.462 e. The number of hydrogen-bond acceptors (Lipinski definition) is 6. The Hall–Kier alpha value is -3.93. The number of carbonyl (C=O) groups is 3. The number of rotatable bonds is 37. The van der Waals surface area contributed by atoms with Crippen LogP contribution in [0, 0.1) is 0 Å². The quantitative estimate of drug-likeness (QED) is 0.0206. The van der Waals surface area contributed by atoms with E-state index in [0.717, 1.165) is 77.0 Å². The first-order valence-electron chi connectivity index (χ1n) is 22.0. The molecule has 0 heterocycles. The molecular weight excluding hydrogens is 697 g/mol. The third kappa shape index (κ3) is 41.2. The van der Waals surface area contributed by atoms with Gasteiger partial charge in [0.15, 0.2) is 6.10 Å². The van der Waals surface area contributed by atoms with E-state index in [0.29, 0.717) is 19.3 Å². The Labute approximate surface area is 342 Å². The molecule has 1 unspecified atom stereocenters. The van der Waals surface area contributed by atoms with Gasteiger partial charge >= 0.3 is 17.9 Å². The summed E-state index contributed by atoms with van der Waals surface area (Å²) in [6.45, 7) is 6.20. The highest BCUT2D eigenvalue weighted by molar-refractivity contribution is 5.71. The molecule has 6 heteroatoms. The maximum atomic E-state index is 12.7. The van der Waals surface area contributed by atoms with Crippen LogP contribution in [0.4, 0.5) is 0 Å². The summed E-state index contributed by atoms with van der Waals surface area (Å²) in [4.78, 5) is 37.6. The fourth-order valence-electron chi connectivity index (χ4n) is 5.38. The Bertz CT molecular complexity index is 1210. The van der Waals surface area contributed by atoms with Crippen molar-refractivity contribution in [3.8, 4) is 0 Å². The molecule has 0 saturated carbocycles. The molecule has 0 aromatic heterocycles. The summed E-state index contributed by atoms with van der Waals surface area (Å²) in [5, 5.41) is 0. The molecule has 0 aliphatic carbocycles. The molecule has 1 atom stereocenters. The van der Waals surface area contributed by atoms with Gasteiger partial charge in [-0.3, -0.25) is 14.4 Å². The van der Waals surface area contributed by atoms with E-state index in [9.17, 15) is 14.4 Å². The number of unbranched alkanes of at least 4 members (excludes halogenated alkanes) is 12. The number of carbonyl (C=O) groups excluding carboxylic acids is 3. The van der Waals surface area contributed by atoms with Gasteiger partial charge in [0.1, 0.15) is 13.2 Å². The summed E-state index contributed by atoms with van der Waals surface area (Å²) in [7, 11) is 0. The van der Waals surface area contributed by atoms with Crippen molar-refractivity contribution < 1.29 is 28.6 Å². The van der Waals surface area contributed by atoms with Crippen LogP contribution in [0.15, 0.2) is 109 Å². The molecule has 0 radical (unpaired) electrons. The van der Waals surface area contributed by atoms with Crippen LogP contribution >= 0.6 is 0 Å². The molecule has 6 nitrogen and oxygen atoms in total. The van der Waals surface area contributed by atoms with Gasteiger partial charge in [0.25, 0.3) is 0 Å². The standard InChI is InChI=1S/C50H78O6/c1-4-7-10-13-16-19-22-25-28-31-34-37-40-43-49(52)55-46-47(45-54-48(51)42-39-36-33-30-27-24-21-18-15-12-9-6-3)56-50(53)44-41-38-35-32-29-26-23-20-17-14-11-8-5-2/h7,9-10,12-13,16,18-19,21-22,25-26,28-29,31,34-35,38,47H,4-6,8,11,14-15,17,20,23-24,27,30,32-33,36-37,39-46H2,1-3H3/b10-7-,12-9-,16-13-,21-18-,22-19-,28-25-,29-26-,34-31-,38-35-. The molecule has 0 bridgehead atoms. The van der Waals surface area contributed by atoms with Crippen LogP contribution in [0.25, 0.3) is 0 Å². The van der Waals surface area contributed by atoms with E-state index < -0.39 is 12.1 Å². The molecule has 0 rings (SSSR count). The van der Waals surface area contributed by atoms with E-state index in [2.05, 4.69) is 69.4 Å². The summed E-state index contributed by atoms with van der Waals surface area (Å²) < 4.78 is 16.5. The lowest BCUT2D eigenvalue weighted by Crippen LogP contribution is -2.30. The average Bonchev–Trinajstić information content (AvgIpc) is 3.19. The third-order valence-electron chi connectivity index (χ3n) is 8.63. The summed E-state index contributed by atoms with van der Waals surface area (Å²) in [5.74, 6) is -1.11. The van der Waals surface area contributed by atoms with Crippen molar-refractivity contribution in [2.45, 2.75) is 175 Å². The minimum absolute atomic E-state index is 0.133. The van der Waals surface area contributed by atoms with Gasteiger partial charge in [0.2, 0.25) is 0 Å². The van der Waals surface area contributed by atoms with E-state index in [-0.39, 0.29) is 38.0 Å². The monoisotopic (exact) mass is 775 g/mol. The van der Waals surface area contributed by atoms with Crippen LogP contribution < -0.4 is 0 Å². The maximum Gasteiger partial charge on any atom is 0.306 e. The van der Waals surface area contributed by atoms with Gasteiger partial charge in [-0.05, 0) is 77.0 Å². The molecule has 0 aliphatic rings. The van der Waals surface area contributed by atoms with Crippen molar-refractivity contribution in [2.75, 3.05) is 13.2 Å². The summed E-state index contributed by atoms with van der Waals surface area (Å²) in [5.41, 5.74) is 0. The first-order valence-corrected chi connectivity index (χ1v) is 22.0.